The zero-order chi connectivity index (χ0) is 19.8. The zero-order valence-electron chi connectivity index (χ0n) is 15.5. The molecule has 3 N–H and O–H groups in total. The van der Waals surface area contributed by atoms with Gasteiger partial charge in [0.2, 0.25) is 5.91 Å². The molecule has 0 saturated heterocycles. The Morgan fingerprint density at radius 3 is 2.86 bits per heavy atom. The van der Waals surface area contributed by atoms with Gasteiger partial charge in [0.05, 0.1) is 23.3 Å². The second-order valence-corrected chi connectivity index (χ2v) is 7.12. The molecule has 146 valence electrons. The van der Waals surface area contributed by atoms with Crippen molar-refractivity contribution < 1.29 is 9.59 Å². The Morgan fingerprint density at radius 2 is 2.11 bits per heavy atom. The van der Waals surface area contributed by atoms with Crippen molar-refractivity contribution in [1.29, 1.82) is 0 Å². The van der Waals surface area contributed by atoms with Crippen molar-refractivity contribution in [1.82, 2.24) is 30.6 Å². The number of aromatic nitrogens is 4. The van der Waals surface area contributed by atoms with Crippen LogP contribution in [0, 0.1) is 0 Å². The van der Waals surface area contributed by atoms with Crippen molar-refractivity contribution in [2.45, 2.75) is 18.9 Å². The summed E-state index contributed by atoms with van der Waals surface area (Å²) in [5, 5.41) is 5.70. The van der Waals surface area contributed by atoms with Crippen LogP contribution in [0.2, 0.25) is 0 Å². The Morgan fingerprint density at radius 1 is 1.25 bits per heavy atom. The first kappa shape index (κ1) is 19.8. The molecule has 0 aliphatic rings. The number of carbonyl (C=O) groups excluding carboxylic acids is 2. The van der Waals surface area contributed by atoms with Gasteiger partial charge in [0.1, 0.15) is 11.5 Å². The van der Waals surface area contributed by atoms with Gasteiger partial charge in [0, 0.05) is 25.4 Å². The minimum Gasteiger partial charge on any atom is -0.350 e. The van der Waals surface area contributed by atoms with Crippen LogP contribution in [0.15, 0.2) is 42.9 Å². The molecule has 0 saturated carbocycles. The fourth-order valence-electron chi connectivity index (χ4n) is 2.71. The van der Waals surface area contributed by atoms with Gasteiger partial charge in [-0.05, 0) is 30.6 Å². The van der Waals surface area contributed by atoms with E-state index in [1.165, 1.54) is 18.6 Å². The van der Waals surface area contributed by atoms with E-state index < -0.39 is 0 Å². The molecule has 1 aromatic carbocycles. The Bertz CT molecular complexity index is 897. The molecule has 3 aromatic rings. The van der Waals surface area contributed by atoms with Gasteiger partial charge in [-0.3, -0.25) is 14.6 Å². The highest BCUT2D eigenvalue weighted by atomic mass is 32.2. The number of nitrogens with zero attached hydrogens (tertiary/aromatic N) is 3. The highest BCUT2D eigenvalue weighted by molar-refractivity contribution is 7.98. The third kappa shape index (κ3) is 5.29. The fraction of sp³-hybridized carbons (Fsp3) is 0.316. The van der Waals surface area contributed by atoms with E-state index in [0.717, 1.165) is 29.0 Å². The predicted molar refractivity (Wildman–Crippen MR) is 109 cm³/mol. The number of thioether (sulfide) groups is 1. The first-order valence-corrected chi connectivity index (χ1v) is 10.3. The number of rotatable bonds is 9. The number of hydrogen-bond donors (Lipinski definition) is 3. The lowest BCUT2D eigenvalue weighted by molar-refractivity contribution is -0.121. The van der Waals surface area contributed by atoms with Crippen LogP contribution in [0.5, 0.6) is 0 Å². The maximum absolute atomic E-state index is 12.4. The third-order valence-corrected chi connectivity index (χ3v) is 4.76. The lowest BCUT2D eigenvalue weighted by Gasteiger charge is -2.16. The minimum absolute atomic E-state index is 0.147. The van der Waals surface area contributed by atoms with E-state index in [1.807, 2.05) is 30.5 Å². The minimum atomic E-state index is -0.350. The van der Waals surface area contributed by atoms with Crippen molar-refractivity contribution in [3.05, 3.63) is 54.4 Å². The van der Waals surface area contributed by atoms with Gasteiger partial charge in [-0.25, -0.2) is 9.97 Å². The number of benzene rings is 1. The van der Waals surface area contributed by atoms with Crippen molar-refractivity contribution in [3.8, 4) is 0 Å². The average molecular weight is 398 g/mol. The topological polar surface area (TPSA) is 113 Å². The molecule has 28 heavy (non-hydrogen) atoms. The maximum Gasteiger partial charge on any atom is 0.271 e. The molecule has 2 heterocycles. The van der Waals surface area contributed by atoms with Gasteiger partial charge < -0.3 is 15.6 Å². The van der Waals surface area contributed by atoms with Crippen LogP contribution in [-0.2, 0) is 4.79 Å². The summed E-state index contributed by atoms with van der Waals surface area (Å²) in [6.45, 7) is 0.219. The summed E-state index contributed by atoms with van der Waals surface area (Å²) in [6.07, 6.45) is 7.29. The summed E-state index contributed by atoms with van der Waals surface area (Å²) in [6, 6.07) is 7.57. The molecular formula is C19H22N6O2S. The number of para-hydroxylation sites is 2. The predicted octanol–water partition coefficient (Wildman–Crippen LogP) is 2.08. The van der Waals surface area contributed by atoms with E-state index in [9.17, 15) is 9.59 Å². The van der Waals surface area contributed by atoms with Crippen LogP contribution in [0.4, 0.5) is 0 Å². The quantitative estimate of drug-likeness (QED) is 0.509. The van der Waals surface area contributed by atoms with Gasteiger partial charge in [-0.15, -0.1) is 0 Å². The summed E-state index contributed by atoms with van der Waals surface area (Å²) in [5.41, 5.74) is 2.04. The zero-order valence-corrected chi connectivity index (χ0v) is 16.3. The van der Waals surface area contributed by atoms with Crippen LogP contribution in [-0.4, -0.2) is 50.3 Å². The Kier molecular flexibility index (Phi) is 6.96. The third-order valence-electron chi connectivity index (χ3n) is 4.12. The second kappa shape index (κ2) is 9.84. The number of nitrogens with one attached hydrogen (secondary N) is 3. The number of hydrogen-bond acceptors (Lipinski definition) is 6. The molecule has 0 spiro atoms. The highest BCUT2D eigenvalue weighted by Crippen LogP contribution is 2.20. The highest BCUT2D eigenvalue weighted by Gasteiger charge is 2.18. The monoisotopic (exact) mass is 398 g/mol. The number of carbonyl (C=O) groups is 2. The van der Waals surface area contributed by atoms with Gasteiger partial charge in [-0.2, -0.15) is 11.8 Å². The van der Waals surface area contributed by atoms with E-state index in [1.54, 1.807) is 11.8 Å². The largest absolute Gasteiger partial charge is 0.350 e. The Balaban J connectivity index is 1.56. The lowest BCUT2D eigenvalue weighted by Crippen LogP contribution is -2.33. The molecule has 9 heteroatoms. The van der Waals surface area contributed by atoms with Crippen LogP contribution < -0.4 is 10.6 Å². The van der Waals surface area contributed by atoms with E-state index in [-0.39, 0.29) is 36.5 Å². The first-order chi connectivity index (χ1) is 13.7. The van der Waals surface area contributed by atoms with Crippen molar-refractivity contribution >= 4 is 34.6 Å². The number of amides is 2. The Labute approximate surface area is 167 Å². The van der Waals surface area contributed by atoms with Gasteiger partial charge >= 0.3 is 0 Å². The van der Waals surface area contributed by atoms with Crippen LogP contribution in [0.1, 0.15) is 35.2 Å². The fourth-order valence-corrected chi connectivity index (χ4v) is 3.18. The normalized spacial score (nSPS) is 11.9. The summed E-state index contributed by atoms with van der Waals surface area (Å²) in [4.78, 5) is 40.0. The molecule has 0 aliphatic carbocycles. The SMILES string of the molecule is CSCCC(NC(=O)CCNC(=O)c1cnccn1)c1nc2ccccc2[nH]1. The molecule has 0 radical (unpaired) electrons. The number of H-pyrrole nitrogens is 1. The summed E-state index contributed by atoms with van der Waals surface area (Å²) >= 11 is 1.72. The molecule has 8 nitrogen and oxygen atoms in total. The van der Waals surface area contributed by atoms with Crippen molar-refractivity contribution in [2.24, 2.45) is 0 Å². The average Bonchev–Trinajstić information content (AvgIpc) is 3.15. The molecule has 2 aromatic heterocycles. The molecule has 1 unspecified atom stereocenters. The van der Waals surface area contributed by atoms with E-state index >= 15 is 0 Å². The van der Waals surface area contributed by atoms with Crippen molar-refractivity contribution in [3.63, 3.8) is 0 Å². The Hall–Kier alpha value is -2.94. The second-order valence-electron chi connectivity index (χ2n) is 6.14. The number of imidazole rings is 1. The van der Waals surface area contributed by atoms with Gasteiger partial charge in [-0.1, -0.05) is 12.1 Å². The van der Waals surface area contributed by atoms with Gasteiger partial charge in [0.25, 0.3) is 5.91 Å². The molecule has 0 aliphatic heterocycles. The molecule has 0 fully saturated rings. The van der Waals surface area contributed by atoms with E-state index in [0.29, 0.717) is 0 Å². The van der Waals surface area contributed by atoms with Crippen LogP contribution >= 0.6 is 11.8 Å². The van der Waals surface area contributed by atoms with Crippen LogP contribution in [0.3, 0.4) is 0 Å². The summed E-state index contributed by atoms with van der Waals surface area (Å²) in [7, 11) is 0. The molecule has 0 bridgehead atoms. The van der Waals surface area contributed by atoms with E-state index in [2.05, 4.69) is 30.6 Å². The number of aromatic amines is 1. The molecule has 2 amide bonds. The lowest BCUT2D eigenvalue weighted by atomic mass is 10.2. The smallest absolute Gasteiger partial charge is 0.271 e. The van der Waals surface area contributed by atoms with E-state index in [4.69, 9.17) is 0 Å². The molecule has 3 rings (SSSR count). The summed E-state index contributed by atoms with van der Waals surface area (Å²) in [5.74, 6) is 1.14. The standard InChI is InChI=1S/C19H22N6O2S/c1-28-11-7-15(18-24-13-4-2-3-5-14(13)25-18)23-17(26)6-8-22-19(27)16-12-20-9-10-21-16/h2-5,9-10,12,15H,6-8,11H2,1H3,(H,22,27)(H,23,26)(H,24,25). The van der Waals surface area contributed by atoms with Gasteiger partial charge in [0.15, 0.2) is 0 Å². The maximum atomic E-state index is 12.4. The molecule has 1 atom stereocenters. The van der Waals surface area contributed by atoms with Crippen LogP contribution in [0.25, 0.3) is 11.0 Å². The molecular weight excluding hydrogens is 376 g/mol. The van der Waals surface area contributed by atoms with Crippen molar-refractivity contribution in [2.75, 3.05) is 18.6 Å². The first-order valence-electron chi connectivity index (χ1n) is 8.94. The summed E-state index contributed by atoms with van der Waals surface area (Å²) < 4.78 is 0. The number of fused-ring (bicyclic) bond motifs is 1.